The molecule has 1 aromatic rings. The van der Waals surface area contributed by atoms with Crippen molar-refractivity contribution in [2.75, 3.05) is 19.6 Å². The fourth-order valence-electron chi connectivity index (χ4n) is 2.76. The SMILES string of the molecule is C=CCNS(=O)(=O)c1ccc(C(=O)N2CCC(N)C(C)(C)C2)cc1.Cl. The standard InChI is InChI=1S/C17H25N3O3S.ClH/c1-4-10-19-24(22,23)14-7-5-13(6-8-14)16(21)20-11-9-15(18)17(2,3)12-20;/h4-8,15,19H,1,9-12,18H2,2-3H3;1H. The fraction of sp³-hybridized carbons (Fsp3) is 0.471. The first kappa shape index (κ1) is 21.6. The first-order valence-corrected chi connectivity index (χ1v) is 9.41. The van der Waals surface area contributed by atoms with E-state index in [0.717, 1.165) is 6.42 Å². The Balaban J connectivity index is 0.00000312. The van der Waals surface area contributed by atoms with E-state index in [4.69, 9.17) is 5.73 Å². The van der Waals surface area contributed by atoms with Crippen LogP contribution in [-0.4, -0.2) is 44.9 Å². The zero-order chi connectivity index (χ0) is 18.0. The van der Waals surface area contributed by atoms with E-state index in [1.807, 2.05) is 0 Å². The van der Waals surface area contributed by atoms with Gasteiger partial charge in [0.25, 0.3) is 5.91 Å². The van der Waals surface area contributed by atoms with Crippen molar-refractivity contribution in [3.05, 3.63) is 42.5 Å². The van der Waals surface area contributed by atoms with Crippen LogP contribution in [0, 0.1) is 5.41 Å². The Morgan fingerprint density at radius 3 is 2.52 bits per heavy atom. The summed E-state index contributed by atoms with van der Waals surface area (Å²) < 4.78 is 26.5. The summed E-state index contributed by atoms with van der Waals surface area (Å²) in [7, 11) is -3.58. The number of sulfonamides is 1. The number of piperidine rings is 1. The van der Waals surface area contributed by atoms with Crippen LogP contribution in [0.15, 0.2) is 41.8 Å². The van der Waals surface area contributed by atoms with Gasteiger partial charge in [-0.3, -0.25) is 4.79 Å². The molecule has 0 saturated carbocycles. The quantitative estimate of drug-likeness (QED) is 0.753. The number of nitrogens with one attached hydrogen (secondary N) is 1. The van der Waals surface area contributed by atoms with E-state index in [-0.39, 0.29) is 41.2 Å². The lowest BCUT2D eigenvalue weighted by molar-refractivity contribution is 0.0533. The highest BCUT2D eigenvalue weighted by molar-refractivity contribution is 7.89. The lowest BCUT2D eigenvalue weighted by atomic mass is 9.79. The third-order valence-electron chi connectivity index (χ3n) is 4.43. The molecular formula is C17H26ClN3O3S. The number of hydrogen-bond donors (Lipinski definition) is 2. The van der Waals surface area contributed by atoms with Gasteiger partial charge in [-0.2, -0.15) is 0 Å². The van der Waals surface area contributed by atoms with E-state index in [1.165, 1.54) is 18.2 Å². The summed E-state index contributed by atoms with van der Waals surface area (Å²) in [4.78, 5) is 14.5. The zero-order valence-corrected chi connectivity index (χ0v) is 16.2. The average molecular weight is 388 g/mol. The smallest absolute Gasteiger partial charge is 0.253 e. The summed E-state index contributed by atoms with van der Waals surface area (Å²) in [5.41, 5.74) is 6.45. The second-order valence-electron chi connectivity index (χ2n) is 6.78. The molecule has 0 spiro atoms. The van der Waals surface area contributed by atoms with Gasteiger partial charge in [0.15, 0.2) is 0 Å². The molecule has 2 rings (SSSR count). The lowest BCUT2D eigenvalue weighted by Gasteiger charge is -2.42. The number of carbonyl (C=O) groups is 1. The van der Waals surface area contributed by atoms with Crippen molar-refractivity contribution < 1.29 is 13.2 Å². The Bertz CT molecular complexity index is 717. The number of likely N-dealkylation sites (tertiary alicyclic amines) is 1. The molecular weight excluding hydrogens is 362 g/mol. The third kappa shape index (κ3) is 5.04. The van der Waals surface area contributed by atoms with E-state index in [9.17, 15) is 13.2 Å². The van der Waals surface area contributed by atoms with Crippen molar-refractivity contribution >= 4 is 28.3 Å². The molecule has 1 aliphatic rings. The molecule has 0 radical (unpaired) electrons. The van der Waals surface area contributed by atoms with Gasteiger partial charge in [-0.25, -0.2) is 13.1 Å². The van der Waals surface area contributed by atoms with E-state index >= 15 is 0 Å². The third-order valence-corrected chi connectivity index (χ3v) is 5.87. The summed E-state index contributed by atoms with van der Waals surface area (Å²) in [6, 6.07) is 6.06. The maximum Gasteiger partial charge on any atom is 0.253 e. The van der Waals surface area contributed by atoms with Gasteiger partial charge in [0.2, 0.25) is 10.0 Å². The first-order valence-electron chi connectivity index (χ1n) is 7.93. The van der Waals surface area contributed by atoms with E-state index in [1.54, 1.807) is 17.0 Å². The van der Waals surface area contributed by atoms with Crippen LogP contribution in [0.25, 0.3) is 0 Å². The van der Waals surface area contributed by atoms with E-state index in [2.05, 4.69) is 25.1 Å². The summed E-state index contributed by atoms with van der Waals surface area (Å²) in [5.74, 6) is -0.0991. The molecule has 3 N–H and O–H groups in total. The van der Waals surface area contributed by atoms with Crippen molar-refractivity contribution in [2.45, 2.75) is 31.2 Å². The lowest BCUT2D eigenvalue weighted by Crippen LogP contribution is -2.54. The highest BCUT2D eigenvalue weighted by atomic mass is 35.5. The predicted molar refractivity (Wildman–Crippen MR) is 101 cm³/mol. The fourth-order valence-corrected chi connectivity index (χ4v) is 3.76. The van der Waals surface area contributed by atoms with Gasteiger partial charge in [-0.05, 0) is 36.1 Å². The number of carbonyl (C=O) groups excluding carboxylic acids is 1. The number of nitrogens with two attached hydrogens (primary N) is 1. The van der Waals surface area contributed by atoms with Crippen molar-refractivity contribution in [1.82, 2.24) is 9.62 Å². The molecule has 25 heavy (non-hydrogen) atoms. The summed E-state index contributed by atoms with van der Waals surface area (Å²) in [5, 5.41) is 0. The molecule has 1 amide bonds. The molecule has 1 heterocycles. The van der Waals surface area contributed by atoms with Crippen LogP contribution in [0.1, 0.15) is 30.6 Å². The summed E-state index contributed by atoms with van der Waals surface area (Å²) in [6.07, 6.45) is 2.23. The van der Waals surface area contributed by atoms with Crippen LogP contribution in [-0.2, 0) is 10.0 Å². The van der Waals surface area contributed by atoms with Crippen molar-refractivity contribution in [3.63, 3.8) is 0 Å². The minimum Gasteiger partial charge on any atom is -0.338 e. The Hall–Kier alpha value is -1.41. The van der Waals surface area contributed by atoms with Crippen LogP contribution in [0.5, 0.6) is 0 Å². The Morgan fingerprint density at radius 1 is 1.40 bits per heavy atom. The largest absolute Gasteiger partial charge is 0.338 e. The first-order chi connectivity index (χ1) is 11.2. The molecule has 0 aliphatic carbocycles. The molecule has 1 atom stereocenters. The Kier molecular flexibility index (Phi) is 7.19. The molecule has 1 unspecified atom stereocenters. The van der Waals surface area contributed by atoms with Crippen LogP contribution < -0.4 is 10.5 Å². The zero-order valence-electron chi connectivity index (χ0n) is 14.6. The highest BCUT2D eigenvalue weighted by Gasteiger charge is 2.35. The molecule has 1 aliphatic heterocycles. The maximum absolute atomic E-state index is 12.6. The molecule has 6 nitrogen and oxygen atoms in total. The van der Waals surface area contributed by atoms with Crippen molar-refractivity contribution in [1.29, 1.82) is 0 Å². The molecule has 1 aromatic carbocycles. The van der Waals surface area contributed by atoms with Gasteiger partial charge in [-0.15, -0.1) is 19.0 Å². The molecule has 1 fully saturated rings. The van der Waals surface area contributed by atoms with Crippen molar-refractivity contribution in [2.24, 2.45) is 11.1 Å². The van der Waals surface area contributed by atoms with Crippen LogP contribution in [0.2, 0.25) is 0 Å². The molecule has 0 bridgehead atoms. The number of hydrogen-bond acceptors (Lipinski definition) is 4. The van der Waals surface area contributed by atoms with Crippen molar-refractivity contribution in [3.8, 4) is 0 Å². The minimum atomic E-state index is -3.58. The monoisotopic (exact) mass is 387 g/mol. The Morgan fingerprint density at radius 2 is 2.00 bits per heavy atom. The predicted octanol–water partition coefficient (Wildman–Crippen LogP) is 1.77. The van der Waals surface area contributed by atoms with Gasteiger partial charge in [0, 0.05) is 31.2 Å². The maximum atomic E-state index is 12.6. The second-order valence-corrected chi connectivity index (χ2v) is 8.54. The van der Waals surface area contributed by atoms with Gasteiger partial charge < -0.3 is 10.6 Å². The average Bonchev–Trinajstić information content (AvgIpc) is 2.55. The number of amides is 1. The van der Waals surface area contributed by atoms with Gasteiger partial charge in [0.05, 0.1) is 4.90 Å². The number of benzene rings is 1. The summed E-state index contributed by atoms with van der Waals surface area (Å²) in [6.45, 7) is 8.95. The minimum absolute atomic E-state index is 0. The Labute approximate surface area is 155 Å². The van der Waals surface area contributed by atoms with Crippen LogP contribution in [0.3, 0.4) is 0 Å². The second kappa shape index (κ2) is 8.31. The molecule has 0 aromatic heterocycles. The highest BCUT2D eigenvalue weighted by Crippen LogP contribution is 2.28. The normalized spacial score (nSPS) is 19.8. The molecule has 8 heteroatoms. The van der Waals surface area contributed by atoms with E-state index in [0.29, 0.717) is 18.7 Å². The number of halogens is 1. The number of rotatable bonds is 5. The van der Waals surface area contributed by atoms with E-state index < -0.39 is 10.0 Å². The van der Waals surface area contributed by atoms with Gasteiger partial charge in [0.1, 0.15) is 0 Å². The van der Waals surface area contributed by atoms with Crippen LogP contribution in [0.4, 0.5) is 0 Å². The molecule has 140 valence electrons. The topological polar surface area (TPSA) is 92.5 Å². The van der Waals surface area contributed by atoms with Gasteiger partial charge in [-0.1, -0.05) is 19.9 Å². The van der Waals surface area contributed by atoms with Crippen LogP contribution >= 0.6 is 12.4 Å². The summed E-state index contributed by atoms with van der Waals surface area (Å²) >= 11 is 0. The molecule has 1 saturated heterocycles. The number of nitrogens with zero attached hydrogens (tertiary/aromatic N) is 1. The van der Waals surface area contributed by atoms with Gasteiger partial charge >= 0.3 is 0 Å².